The van der Waals surface area contributed by atoms with Crippen molar-refractivity contribution in [3.05, 3.63) is 63.3 Å². The molecule has 0 saturated carbocycles. The van der Waals surface area contributed by atoms with Crippen molar-refractivity contribution in [2.45, 2.75) is 6.92 Å². The van der Waals surface area contributed by atoms with Crippen LogP contribution in [-0.2, 0) is 10.2 Å². The van der Waals surface area contributed by atoms with E-state index >= 15 is 0 Å². The molecular formula is C18H17ClN2O5S. The molecule has 3 N–H and O–H groups in total. The lowest BCUT2D eigenvalue weighted by Gasteiger charge is -2.13. The fourth-order valence-electron chi connectivity index (χ4n) is 2.57. The maximum Gasteiger partial charge on any atom is 0.274 e. The van der Waals surface area contributed by atoms with Crippen LogP contribution in [0.25, 0.3) is 22.3 Å². The van der Waals surface area contributed by atoms with Crippen molar-refractivity contribution in [3.63, 3.8) is 0 Å². The highest BCUT2D eigenvalue weighted by atomic mass is 35.5. The molecule has 0 spiro atoms. The topological polar surface area (TPSA) is 112 Å². The number of halogens is 1. The van der Waals surface area contributed by atoms with Crippen LogP contribution in [0.3, 0.4) is 0 Å². The van der Waals surface area contributed by atoms with Gasteiger partial charge in [-0.05, 0) is 36.8 Å². The predicted molar refractivity (Wildman–Crippen MR) is 104 cm³/mol. The number of hydrogen-bond donors (Lipinski definition) is 2. The highest BCUT2D eigenvalue weighted by molar-refractivity contribution is 7.87. The van der Waals surface area contributed by atoms with Crippen LogP contribution in [-0.4, -0.2) is 21.6 Å². The van der Waals surface area contributed by atoms with E-state index in [0.29, 0.717) is 33.1 Å². The summed E-state index contributed by atoms with van der Waals surface area (Å²) in [7, 11) is -3.79. The van der Waals surface area contributed by atoms with Gasteiger partial charge >= 0.3 is 0 Å². The summed E-state index contributed by atoms with van der Waals surface area (Å²) in [4.78, 5) is 12.4. The average Bonchev–Trinajstić information content (AvgIpc) is 2.59. The molecule has 0 aliphatic carbocycles. The second-order valence-corrected chi connectivity index (χ2v) is 7.66. The molecule has 0 bridgehead atoms. The second-order valence-electron chi connectivity index (χ2n) is 5.88. The van der Waals surface area contributed by atoms with E-state index in [1.807, 2.05) is 13.0 Å². The monoisotopic (exact) mass is 408 g/mol. The molecule has 0 aliphatic heterocycles. The molecule has 0 radical (unpaired) electrons. The molecule has 0 saturated heterocycles. The van der Waals surface area contributed by atoms with Crippen molar-refractivity contribution in [2.24, 2.45) is 5.14 Å². The van der Waals surface area contributed by atoms with E-state index < -0.39 is 10.2 Å². The van der Waals surface area contributed by atoms with Crippen molar-refractivity contribution < 1.29 is 17.6 Å². The number of nitrogens with two attached hydrogens (primary N) is 1. The summed E-state index contributed by atoms with van der Waals surface area (Å²) in [5, 5.41) is 5.61. The Labute approximate surface area is 160 Å². The Hall–Kier alpha value is -2.39. The van der Waals surface area contributed by atoms with E-state index in [4.69, 9.17) is 25.9 Å². The molecule has 3 rings (SSSR count). The van der Waals surface area contributed by atoms with E-state index in [0.717, 1.165) is 5.56 Å². The summed E-state index contributed by atoms with van der Waals surface area (Å²) in [6.45, 7) is 1.93. The minimum atomic E-state index is -3.79. The summed E-state index contributed by atoms with van der Waals surface area (Å²) < 4.78 is 35.5. The smallest absolute Gasteiger partial charge is 0.274 e. The molecule has 0 aliphatic rings. The van der Waals surface area contributed by atoms with Crippen LogP contribution in [0.4, 0.5) is 0 Å². The fraction of sp³-hybridized carbons (Fsp3) is 0.167. The largest absolute Gasteiger partial charge is 0.491 e. The molecule has 27 heavy (non-hydrogen) atoms. The van der Waals surface area contributed by atoms with Gasteiger partial charge in [0.05, 0.1) is 16.0 Å². The van der Waals surface area contributed by atoms with E-state index in [9.17, 15) is 13.2 Å². The number of benzene rings is 2. The number of fused-ring (bicyclic) bond motifs is 1. The van der Waals surface area contributed by atoms with Crippen LogP contribution in [0.5, 0.6) is 5.75 Å². The van der Waals surface area contributed by atoms with Gasteiger partial charge in [-0.3, -0.25) is 4.79 Å². The molecule has 3 aromatic rings. The zero-order chi connectivity index (χ0) is 19.6. The average molecular weight is 409 g/mol. The van der Waals surface area contributed by atoms with Crippen LogP contribution in [0, 0.1) is 6.92 Å². The van der Waals surface area contributed by atoms with Gasteiger partial charge in [-0.2, -0.15) is 13.1 Å². The quantitative estimate of drug-likeness (QED) is 0.609. The molecule has 0 unspecified atom stereocenters. The van der Waals surface area contributed by atoms with Gasteiger partial charge < -0.3 is 9.15 Å². The van der Waals surface area contributed by atoms with Gasteiger partial charge in [0.25, 0.3) is 10.2 Å². The summed E-state index contributed by atoms with van der Waals surface area (Å²) in [5.41, 5.74) is 1.55. The first-order chi connectivity index (χ1) is 12.7. The fourth-order valence-corrected chi connectivity index (χ4v) is 3.15. The lowest BCUT2D eigenvalue weighted by molar-refractivity contribution is 0.323. The molecule has 2 aromatic carbocycles. The number of rotatable bonds is 6. The predicted octanol–water partition coefficient (Wildman–Crippen LogP) is 2.59. The first kappa shape index (κ1) is 19.4. The lowest BCUT2D eigenvalue weighted by Crippen LogP contribution is -2.33. The van der Waals surface area contributed by atoms with Gasteiger partial charge in [0, 0.05) is 12.6 Å². The van der Waals surface area contributed by atoms with Gasteiger partial charge in [-0.25, -0.2) is 5.14 Å². The van der Waals surface area contributed by atoms with Gasteiger partial charge in [-0.15, -0.1) is 0 Å². The number of nitrogens with one attached hydrogen (secondary N) is 1. The molecule has 0 fully saturated rings. The van der Waals surface area contributed by atoms with Crippen LogP contribution in [0.1, 0.15) is 5.56 Å². The molecule has 0 amide bonds. The van der Waals surface area contributed by atoms with E-state index in [2.05, 4.69) is 4.72 Å². The standard InChI is InChI=1S/C18H17ClN2O5S/c1-11-5-6-13(16(9-11)25-8-7-21-27(20,23)24)17-10-15(22)12-3-2-4-14(19)18(12)26-17/h2-6,9-10,21H,7-8H2,1H3,(H2,20,23,24). The Morgan fingerprint density at radius 2 is 2.00 bits per heavy atom. The third-order valence-electron chi connectivity index (χ3n) is 3.77. The van der Waals surface area contributed by atoms with Gasteiger partial charge in [0.15, 0.2) is 11.0 Å². The number of para-hydroxylation sites is 1. The molecule has 142 valence electrons. The summed E-state index contributed by atoms with van der Waals surface area (Å²) in [6.07, 6.45) is 0. The van der Waals surface area contributed by atoms with E-state index in [-0.39, 0.29) is 18.6 Å². The van der Waals surface area contributed by atoms with E-state index in [1.165, 1.54) is 6.07 Å². The highest BCUT2D eigenvalue weighted by Gasteiger charge is 2.14. The van der Waals surface area contributed by atoms with Crippen molar-refractivity contribution in [1.82, 2.24) is 4.72 Å². The van der Waals surface area contributed by atoms with Gasteiger partial charge in [0.2, 0.25) is 0 Å². The van der Waals surface area contributed by atoms with Crippen LogP contribution in [0.2, 0.25) is 5.02 Å². The molecule has 1 heterocycles. The molecule has 0 atom stereocenters. The van der Waals surface area contributed by atoms with E-state index in [1.54, 1.807) is 30.3 Å². The second kappa shape index (κ2) is 7.69. The Kier molecular flexibility index (Phi) is 5.52. The summed E-state index contributed by atoms with van der Waals surface area (Å²) >= 11 is 6.16. The maximum atomic E-state index is 12.4. The normalized spacial score (nSPS) is 11.7. The SMILES string of the molecule is Cc1ccc(-c2cc(=O)c3cccc(Cl)c3o2)c(OCCNS(N)(=O)=O)c1. The van der Waals surface area contributed by atoms with Crippen molar-refractivity contribution in [1.29, 1.82) is 0 Å². The molecule has 9 heteroatoms. The third kappa shape index (κ3) is 4.67. The van der Waals surface area contributed by atoms with Gasteiger partial charge in [-0.1, -0.05) is 23.7 Å². The zero-order valence-electron chi connectivity index (χ0n) is 14.4. The van der Waals surface area contributed by atoms with Crippen LogP contribution >= 0.6 is 11.6 Å². The minimum Gasteiger partial charge on any atom is -0.491 e. The summed E-state index contributed by atoms with van der Waals surface area (Å²) in [5.74, 6) is 0.746. The number of hydrogen-bond acceptors (Lipinski definition) is 5. The lowest BCUT2D eigenvalue weighted by atomic mass is 10.1. The number of aryl methyl sites for hydroxylation is 1. The van der Waals surface area contributed by atoms with Crippen molar-refractivity contribution >= 4 is 32.8 Å². The Balaban J connectivity index is 1.98. The Bertz CT molecular complexity index is 1160. The first-order valence-corrected chi connectivity index (χ1v) is 9.90. The van der Waals surface area contributed by atoms with Crippen LogP contribution < -0.4 is 20.0 Å². The number of ether oxygens (including phenoxy) is 1. The van der Waals surface area contributed by atoms with Crippen molar-refractivity contribution in [3.8, 4) is 17.1 Å². The molecule has 1 aromatic heterocycles. The van der Waals surface area contributed by atoms with Crippen molar-refractivity contribution in [2.75, 3.05) is 13.2 Å². The zero-order valence-corrected chi connectivity index (χ0v) is 15.9. The minimum absolute atomic E-state index is 0.000286. The Morgan fingerprint density at radius 3 is 2.74 bits per heavy atom. The summed E-state index contributed by atoms with van der Waals surface area (Å²) in [6, 6.07) is 11.7. The maximum absolute atomic E-state index is 12.4. The third-order valence-corrected chi connectivity index (χ3v) is 4.68. The van der Waals surface area contributed by atoms with Gasteiger partial charge in [0.1, 0.15) is 18.1 Å². The molecular weight excluding hydrogens is 392 g/mol. The first-order valence-electron chi connectivity index (χ1n) is 7.98. The highest BCUT2D eigenvalue weighted by Crippen LogP contribution is 2.33. The Morgan fingerprint density at radius 1 is 1.22 bits per heavy atom. The van der Waals surface area contributed by atoms with Crippen LogP contribution in [0.15, 0.2) is 51.7 Å². The molecule has 7 nitrogen and oxygen atoms in total.